The highest BCUT2D eigenvalue weighted by Crippen LogP contribution is 2.41. The van der Waals surface area contributed by atoms with Crippen LogP contribution in [0.2, 0.25) is 0 Å². The Labute approximate surface area is 182 Å². The van der Waals surface area contributed by atoms with Crippen LogP contribution in [0.5, 0.6) is 5.75 Å². The molecular formula is C25H38O5. The zero-order valence-electron chi connectivity index (χ0n) is 19.8. The summed E-state index contributed by atoms with van der Waals surface area (Å²) >= 11 is 0. The topological polar surface area (TPSA) is 54.0 Å². The smallest absolute Gasteiger partial charge is 0.330 e. The molecule has 1 aromatic carbocycles. The van der Waals surface area contributed by atoms with Crippen LogP contribution >= 0.6 is 0 Å². The van der Waals surface area contributed by atoms with Crippen molar-refractivity contribution >= 4 is 12.0 Å². The second-order valence-electron chi connectivity index (χ2n) is 9.08. The van der Waals surface area contributed by atoms with Crippen molar-refractivity contribution in [2.75, 3.05) is 33.7 Å². The van der Waals surface area contributed by atoms with Crippen molar-refractivity contribution in [2.24, 2.45) is 0 Å². The first-order valence-corrected chi connectivity index (χ1v) is 10.4. The van der Waals surface area contributed by atoms with Gasteiger partial charge in [0.15, 0.2) is 6.79 Å². The lowest BCUT2D eigenvalue weighted by atomic mass is 9.78. The van der Waals surface area contributed by atoms with E-state index in [0.717, 1.165) is 22.4 Å². The molecule has 0 aliphatic carbocycles. The van der Waals surface area contributed by atoms with E-state index in [1.54, 1.807) is 20.1 Å². The van der Waals surface area contributed by atoms with Crippen LogP contribution in [0.15, 0.2) is 30.4 Å². The van der Waals surface area contributed by atoms with Crippen LogP contribution in [0.25, 0.3) is 6.08 Å². The average Bonchev–Trinajstić information content (AvgIpc) is 2.64. The van der Waals surface area contributed by atoms with Gasteiger partial charge in [-0.3, -0.25) is 0 Å². The molecule has 0 radical (unpaired) electrons. The van der Waals surface area contributed by atoms with Crippen LogP contribution in [0, 0.1) is 0 Å². The van der Waals surface area contributed by atoms with Crippen LogP contribution < -0.4 is 4.74 Å². The summed E-state index contributed by atoms with van der Waals surface area (Å²) in [6, 6.07) is 4.27. The van der Waals surface area contributed by atoms with Crippen molar-refractivity contribution in [1.29, 1.82) is 0 Å². The maximum Gasteiger partial charge on any atom is 0.330 e. The van der Waals surface area contributed by atoms with Gasteiger partial charge in [-0.05, 0) is 35.4 Å². The zero-order chi connectivity index (χ0) is 22.8. The summed E-state index contributed by atoms with van der Waals surface area (Å²) in [6.07, 6.45) is 6.95. The standard InChI is InChI=1S/C25H38O5/c1-9-29-22(26)13-11-10-12-19-16-20(24(2,3)4)23(21(17-19)25(5,6)7)30-18-28-15-14-27-8/h10-13,16-17H,9,14-15,18H2,1-8H3/b12-10+,13-11+. The summed E-state index contributed by atoms with van der Waals surface area (Å²) in [5.41, 5.74) is 3.03. The van der Waals surface area contributed by atoms with E-state index in [-0.39, 0.29) is 23.6 Å². The molecule has 5 heteroatoms. The van der Waals surface area contributed by atoms with Gasteiger partial charge < -0.3 is 18.9 Å². The second-order valence-corrected chi connectivity index (χ2v) is 9.08. The van der Waals surface area contributed by atoms with E-state index in [9.17, 15) is 4.79 Å². The Kier molecular flexibility index (Phi) is 10.3. The summed E-state index contributed by atoms with van der Waals surface area (Å²) in [6.45, 7) is 16.4. The number of hydrogen-bond acceptors (Lipinski definition) is 5. The molecular weight excluding hydrogens is 380 g/mol. The van der Waals surface area contributed by atoms with Crippen LogP contribution in [0.4, 0.5) is 0 Å². The lowest BCUT2D eigenvalue weighted by molar-refractivity contribution is -0.137. The fourth-order valence-corrected chi connectivity index (χ4v) is 2.81. The molecule has 1 rings (SSSR count). The summed E-state index contributed by atoms with van der Waals surface area (Å²) < 4.78 is 21.6. The van der Waals surface area contributed by atoms with Crippen LogP contribution in [-0.4, -0.2) is 39.7 Å². The predicted molar refractivity (Wildman–Crippen MR) is 122 cm³/mol. The highest BCUT2D eigenvalue weighted by Gasteiger charge is 2.27. The number of methoxy groups -OCH3 is 1. The number of ether oxygens (including phenoxy) is 4. The highest BCUT2D eigenvalue weighted by atomic mass is 16.7. The first-order valence-electron chi connectivity index (χ1n) is 10.4. The Morgan fingerprint density at radius 2 is 1.57 bits per heavy atom. The molecule has 0 saturated heterocycles. The van der Waals surface area contributed by atoms with Crippen LogP contribution in [0.1, 0.15) is 65.2 Å². The molecule has 0 N–H and O–H groups in total. The Balaban J connectivity index is 3.26. The Hall–Kier alpha value is -2.11. The minimum Gasteiger partial charge on any atom is -0.467 e. The quantitative estimate of drug-likeness (QED) is 0.167. The fourth-order valence-electron chi connectivity index (χ4n) is 2.81. The lowest BCUT2D eigenvalue weighted by Gasteiger charge is -2.30. The maximum atomic E-state index is 11.5. The van der Waals surface area contributed by atoms with E-state index in [4.69, 9.17) is 18.9 Å². The maximum absolute atomic E-state index is 11.5. The van der Waals surface area contributed by atoms with E-state index in [1.807, 2.05) is 12.2 Å². The number of allylic oxidation sites excluding steroid dienone is 2. The van der Waals surface area contributed by atoms with E-state index in [0.29, 0.717) is 19.8 Å². The predicted octanol–water partition coefficient (Wildman–Crippen LogP) is 5.41. The highest BCUT2D eigenvalue weighted by molar-refractivity contribution is 5.82. The molecule has 0 amide bonds. The van der Waals surface area contributed by atoms with Gasteiger partial charge in [0.2, 0.25) is 0 Å². The Morgan fingerprint density at radius 3 is 2.07 bits per heavy atom. The molecule has 0 heterocycles. The van der Waals surface area contributed by atoms with Crippen molar-refractivity contribution in [1.82, 2.24) is 0 Å². The van der Waals surface area contributed by atoms with E-state index in [1.165, 1.54) is 6.08 Å². The normalized spacial score (nSPS) is 12.7. The largest absolute Gasteiger partial charge is 0.467 e. The van der Waals surface area contributed by atoms with Crippen molar-refractivity contribution in [3.63, 3.8) is 0 Å². The molecule has 0 spiro atoms. The third-order valence-electron chi connectivity index (χ3n) is 4.36. The molecule has 0 aliphatic heterocycles. The molecule has 168 valence electrons. The average molecular weight is 419 g/mol. The second kappa shape index (κ2) is 11.9. The van der Waals surface area contributed by atoms with Crippen LogP contribution in [-0.2, 0) is 29.8 Å². The van der Waals surface area contributed by atoms with Gasteiger partial charge in [-0.25, -0.2) is 4.79 Å². The van der Waals surface area contributed by atoms with Crippen molar-refractivity contribution < 1.29 is 23.7 Å². The SMILES string of the molecule is CCOC(=O)/C=C/C=C/c1cc(C(C)(C)C)c(OCOCCOC)c(C(C)(C)C)c1. The van der Waals surface area contributed by atoms with Crippen molar-refractivity contribution in [3.05, 3.63) is 47.1 Å². The monoisotopic (exact) mass is 418 g/mol. The van der Waals surface area contributed by atoms with Gasteiger partial charge in [0.25, 0.3) is 0 Å². The van der Waals surface area contributed by atoms with E-state index in [2.05, 4.69) is 53.7 Å². The molecule has 0 atom stereocenters. The molecule has 0 aromatic heterocycles. The van der Waals surface area contributed by atoms with Gasteiger partial charge in [0.1, 0.15) is 5.75 Å². The minimum absolute atomic E-state index is 0.119. The summed E-state index contributed by atoms with van der Waals surface area (Å²) in [5, 5.41) is 0. The number of rotatable bonds is 10. The molecule has 0 fully saturated rings. The molecule has 5 nitrogen and oxygen atoms in total. The summed E-state index contributed by atoms with van der Waals surface area (Å²) in [7, 11) is 1.65. The van der Waals surface area contributed by atoms with Gasteiger partial charge in [-0.2, -0.15) is 0 Å². The van der Waals surface area contributed by atoms with Gasteiger partial charge >= 0.3 is 5.97 Å². The molecule has 0 aliphatic rings. The molecule has 0 saturated carbocycles. The van der Waals surface area contributed by atoms with E-state index < -0.39 is 0 Å². The first kappa shape index (κ1) is 25.9. The molecule has 30 heavy (non-hydrogen) atoms. The van der Waals surface area contributed by atoms with Crippen molar-refractivity contribution in [2.45, 2.75) is 59.3 Å². The minimum atomic E-state index is -0.342. The Morgan fingerprint density at radius 1 is 0.967 bits per heavy atom. The summed E-state index contributed by atoms with van der Waals surface area (Å²) in [5.74, 6) is 0.525. The molecule has 0 bridgehead atoms. The molecule has 0 unspecified atom stereocenters. The number of benzene rings is 1. The van der Waals surface area contributed by atoms with Gasteiger partial charge in [-0.15, -0.1) is 0 Å². The number of carbonyl (C=O) groups is 1. The number of hydrogen-bond donors (Lipinski definition) is 0. The van der Waals surface area contributed by atoms with Crippen molar-refractivity contribution in [3.8, 4) is 5.75 Å². The first-order chi connectivity index (χ1) is 14.0. The number of carbonyl (C=O) groups excluding carboxylic acids is 1. The lowest BCUT2D eigenvalue weighted by Crippen LogP contribution is -2.21. The van der Waals surface area contributed by atoms with E-state index >= 15 is 0 Å². The zero-order valence-corrected chi connectivity index (χ0v) is 19.8. The van der Waals surface area contributed by atoms with Gasteiger partial charge in [0.05, 0.1) is 19.8 Å². The molecule has 1 aromatic rings. The fraction of sp³-hybridized carbons (Fsp3) is 0.560. The summed E-state index contributed by atoms with van der Waals surface area (Å²) in [4.78, 5) is 11.5. The van der Waals surface area contributed by atoms with Gasteiger partial charge in [0, 0.05) is 24.3 Å². The number of esters is 1. The third-order valence-corrected chi connectivity index (χ3v) is 4.36. The van der Waals surface area contributed by atoms with Gasteiger partial charge in [-0.1, -0.05) is 59.8 Å². The van der Waals surface area contributed by atoms with Crippen LogP contribution in [0.3, 0.4) is 0 Å². The Bertz CT molecular complexity index is 698. The third kappa shape index (κ3) is 8.72.